The average Bonchev–Trinajstić information content (AvgIpc) is 2.84. The molecule has 1 aliphatic rings. The smallest absolute Gasteiger partial charge is 0.265 e. The van der Waals surface area contributed by atoms with Gasteiger partial charge in [0.05, 0.1) is 22.0 Å². The highest BCUT2D eigenvalue weighted by atomic mass is 35.5. The summed E-state index contributed by atoms with van der Waals surface area (Å²) < 4.78 is 33.6. The van der Waals surface area contributed by atoms with Crippen molar-refractivity contribution in [1.29, 1.82) is 0 Å². The second-order valence-electron chi connectivity index (χ2n) is 7.07. The average molecular weight is 443 g/mol. The number of hydrogen-bond donors (Lipinski definition) is 1. The third-order valence-corrected chi connectivity index (χ3v) is 7.38. The largest absolute Gasteiger partial charge is 0.454 e. The molecule has 3 aromatic carbocycles. The Hall–Kier alpha value is -3.03. The number of fused-ring (bicyclic) bond motifs is 2. The van der Waals surface area contributed by atoms with Crippen LogP contribution in [-0.2, 0) is 10.0 Å². The number of halogens is 1. The summed E-state index contributed by atoms with van der Waals surface area (Å²) in [6, 6.07) is 14.9. The second kappa shape index (κ2) is 7.34. The number of para-hydroxylation sites is 2. The van der Waals surface area contributed by atoms with E-state index < -0.39 is 15.9 Å². The summed E-state index contributed by atoms with van der Waals surface area (Å²) in [6.07, 6.45) is 0. The van der Waals surface area contributed by atoms with Crippen LogP contribution >= 0.6 is 11.6 Å². The Morgan fingerprint density at radius 2 is 1.70 bits per heavy atom. The van der Waals surface area contributed by atoms with Gasteiger partial charge in [-0.05, 0) is 55.3 Å². The summed E-state index contributed by atoms with van der Waals surface area (Å²) in [5, 5.41) is 2.70. The molecule has 0 atom stereocenters. The molecule has 4 rings (SSSR count). The molecule has 0 bridgehead atoms. The number of rotatable bonds is 3. The molecule has 8 heteroatoms. The third kappa shape index (κ3) is 3.40. The van der Waals surface area contributed by atoms with E-state index in [1.807, 2.05) is 19.9 Å². The van der Waals surface area contributed by atoms with Gasteiger partial charge in [-0.25, -0.2) is 8.42 Å². The van der Waals surface area contributed by atoms with E-state index in [1.54, 1.807) is 36.4 Å². The Morgan fingerprint density at radius 3 is 2.43 bits per heavy atom. The standard InChI is InChI=1S/C22H19ClN2O4S/c1-13-8-9-15(10-14(13)2)25(3)30(27,28)21-11-16-20(12-17(21)23)29-19-7-5-4-6-18(19)24-22(16)26/h4-12H,1-3H3,(H,24,26). The van der Waals surface area contributed by atoms with E-state index in [2.05, 4.69) is 5.32 Å². The maximum atomic E-state index is 13.3. The molecule has 3 aromatic rings. The van der Waals surface area contributed by atoms with Gasteiger partial charge >= 0.3 is 0 Å². The van der Waals surface area contributed by atoms with Crippen LogP contribution < -0.4 is 14.4 Å². The minimum Gasteiger partial charge on any atom is -0.454 e. The summed E-state index contributed by atoms with van der Waals surface area (Å²) >= 11 is 6.34. The number of nitrogens with one attached hydrogen (secondary N) is 1. The van der Waals surface area contributed by atoms with Gasteiger partial charge in [-0.3, -0.25) is 9.10 Å². The molecule has 0 unspecified atom stereocenters. The molecule has 0 saturated carbocycles. The van der Waals surface area contributed by atoms with Gasteiger partial charge in [0.1, 0.15) is 10.6 Å². The number of nitrogens with zero attached hydrogens (tertiary/aromatic N) is 1. The number of carbonyl (C=O) groups is 1. The van der Waals surface area contributed by atoms with Gasteiger partial charge < -0.3 is 10.1 Å². The van der Waals surface area contributed by atoms with Gasteiger partial charge in [0.2, 0.25) is 0 Å². The number of sulfonamides is 1. The SMILES string of the molecule is Cc1ccc(N(C)S(=O)(=O)c2cc3c(cc2Cl)Oc2ccccc2NC3=O)cc1C. The number of benzene rings is 3. The fraction of sp³-hybridized carbons (Fsp3) is 0.136. The van der Waals surface area contributed by atoms with Crippen molar-refractivity contribution >= 4 is 38.9 Å². The monoisotopic (exact) mass is 442 g/mol. The molecule has 1 heterocycles. The van der Waals surface area contributed by atoms with Crippen molar-refractivity contribution < 1.29 is 17.9 Å². The number of anilines is 2. The van der Waals surface area contributed by atoms with Crippen LogP contribution in [0.4, 0.5) is 11.4 Å². The van der Waals surface area contributed by atoms with Gasteiger partial charge in [0.15, 0.2) is 5.75 Å². The van der Waals surface area contributed by atoms with E-state index >= 15 is 0 Å². The highest BCUT2D eigenvalue weighted by Crippen LogP contribution is 2.39. The molecule has 30 heavy (non-hydrogen) atoms. The fourth-order valence-electron chi connectivity index (χ4n) is 3.17. The van der Waals surface area contributed by atoms with Crippen molar-refractivity contribution in [3.05, 3.63) is 76.3 Å². The molecular formula is C22H19ClN2O4S. The van der Waals surface area contributed by atoms with Crippen LogP contribution in [0.1, 0.15) is 21.5 Å². The molecule has 154 valence electrons. The van der Waals surface area contributed by atoms with E-state index in [9.17, 15) is 13.2 Å². The summed E-state index contributed by atoms with van der Waals surface area (Å²) in [5.41, 5.74) is 3.10. The molecular weight excluding hydrogens is 424 g/mol. The van der Waals surface area contributed by atoms with E-state index in [0.717, 1.165) is 15.4 Å². The van der Waals surface area contributed by atoms with Crippen molar-refractivity contribution in [2.75, 3.05) is 16.7 Å². The van der Waals surface area contributed by atoms with Crippen LogP contribution in [0.25, 0.3) is 0 Å². The van der Waals surface area contributed by atoms with E-state index in [1.165, 1.54) is 19.2 Å². The van der Waals surface area contributed by atoms with Crippen LogP contribution in [0, 0.1) is 13.8 Å². The minimum absolute atomic E-state index is 0.0309. The lowest BCUT2D eigenvalue weighted by molar-refractivity contribution is 0.102. The second-order valence-corrected chi connectivity index (χ2v) is 9.42. The van der Waals surface area contributed by atoms with Gasteiger partial charge in [-0.1, -0.05) is 29.8 Å². The van der Waals surface area contributed by atoms with Crippen LogP contribution in [0.2, 0.25) is 5.02 Å². The summed E-state index contributed by atoms with van der Waals surface area (Å²) in [5.74, 6) is 0.163. The zero-order valence-electron chi connectivity index (χ0n) is 16.6. The minimum atomic E-state index is -4.02. The number of aryl methyl sites for hydroxylation is 2. The molecule has 1 aliphatic heterocycles. The zero-order chi connectivity index (χ0) is 21.6. The van der Waals surface area contributed by atoms with Gasteiger partial charge in [-0.15, -0.1) is 0 Å². The van der Waals surface area contributed by atoms with Crippen LogP contribution in [0.15, 0.2) is 59.5 Å². The van der Waals surface area contributed by atoms with Gasteiger partial charge in [-0.2, -0.15) is 0 Å². The molecule has 0 radical (unpaired) electrons. The number of amides is 1. The predicted octanol–water partition coefficient (Wildman–Crippen LogP) is 5.14. The van der Waals surface area contributed by atoms with E-state index in [0.29, 0.717) is 17.1 Å². The molecule has 0 fully saturated rings. The highest BCUT2D eigenvalue weighted by Gasteiger charge is 2.29. The lowest BCUT2D eigenvalue weighted by Gasteiger charge is -2.22. The molecule has 6 nitrogen and oxygen atoms in total. The summed E-state index contributed by atoms with van der Waals surface area (Å²) in [4.78, 5) is 12.6. The quantitative estimate of drug-likeness (QED) is 0.609. The van der Waals surface area contributed by atoms with Crippen LogP contribution in [0.5, 0.6) is 11.5 Å². The van der Waals surface area contributed by atoms with Crippen LogP contribution in [-0.4, -0.2) is 21.4 Å². The lowest BCUT2D eigenvalue weighted by atomic mass is 10.1. The van der Waals surface area contributed by atoms with Crippen molar-refractivity contribution in [2.24, 2.45) is 0 Å². The maximum Gasteiger partial charge on any atom is 0.265 e. The van der Waals surface area contributed by atoms with Crippen molar-refractivity contribution in [1.82, 2.24) is 0 Å². The predicted molar refractivity (Wildman–Crippen MR) is 117 cm³/mol. The van der Waals surface area contributed by atoms with Gasteiger partial charge in [0, 0.05) is 13.1 Å². The number of ether oxygens (including phenoxy) is 1. The summed E-state index contributed by atoms with van der Waals surface area (Å²) in [6.45, 7) is 3.86. The summed E-state index contributed by atoms with van der Waals surface area (Å²) in [7, 11) is -2.57. The molecule has 0 spiro atoms. The van der Waals surface area contributed by atoms with E-state index in [4.69, 9.17) is 16.3 Å². The fourth-order valence-corrected chi connectivity index (χ4v) is 4.87. The third-order valence-electron chi connectivity index (χ3n) is 5.13. The van der Waals surface area contributed by atoms with Crippen molar-refractivity contribution in [2.45, 2.75) is 18.7 Å². The Bertz CT molecular complexity index is 1290. The van der Waals surface area contributed by atoms with E-state index in [-0.39, 0.29) is 21.2 Å². The van der Waals surface area contributed by atoms with Gasteiger partial charge in [0.25, 0.3) is 15.9 Å². The molecule has 0 aromatic heterocycles. The first-order valence-electron chi connectivity index (χ1n) is 9.16. The maximum absolute atomic E-state index is 13.3. The Kier molecular flexibility index (Phi) is 4.95. The first-order chi connectivity index (χ1) is 14.2. The first kappa shape index (κ1) is 20.3. The lowest BCUT2D eigenvalue weighted by Crippen LogP contribution is -2.27. The Labute approximate surface area is 180 Å². The molecule has 0 saturated heterocycles. The Morgan fingerprint density at radius 1 is 0.967 bits per heavy atom. The van der Waals surface area contributed by atoms with Crippen LogP contribution in [0.3, 0.4) is 0 Å². The zero-order valence-corrected chi connectivity index (χ0v) is 18.1. The number of hydrogen-bond acceptors (Lipinski definition) is 4. The first-order valence-corrected chi connectivity index (χ1v) is 11.0. The normalized spacial score (nSPS) is 12.9. The molecule has 1 N–H and O–H groups in total. The highest BCUT2D eigenvalue weighted by molar-refractivity contribution is 7.93. The topological polar surface area (TPSA) is 75.7 Å². The van der Waals surface area contributed by atoms with Crippen molar-refractivity contribution in [3.8, 4) is 11.5 Å². The van der Waals surface area contributed by atoms with Crippen molar-refractivity contribution in [3.63, 3.8) is 0 Å². The Balaban J connectivity index is 1.80. The number of carbonyl (C=O) groups excluding carboxylic acids is 1. The molecule has 1 amide bonds. The molecule has 0 aliphatic carbocycles.